The van der Waals surface area contributed by atoms with E-state index in [1.54, 1.807) is 19.5 Å². The van der Waals surface area contributed by atoms with E-state index in [9.17, 15) is 0 Å². The molecule has 0 bridgehead atoms. The third-order valence-electron chi connectivity index (χ3n) is 5.07. The van der Waals surface area contributed by atoms with E-state index in [2.05, 4.69) is 19.9 Å². The van der Waals surface area contributed by atoms with Gasteiger partial charge in [0.05, 0.1) is 24.1 Å². The molecule has 6 nitrogen and oxygen atoms in total. The van der Waals surface area contributed by atoms with Gasteiger partial charge in [-0.15, -0.1) is 0 Å². The number of anilines is 1. The Kier molecular flexibility index (Phi) is 4.13. The van der Waals surface area contributed by atoms with Gasteiger partial charge in [0, 0.05) is 36.1 Å². The number of fused-ring (bicyclic) bond motifs is 1. The SMILES string of the molecule is COc1ccc(-c2nccnc2N2CC(c3nc4cc(Cl)ccc4[nH]3)C2)cc1. The fourth-order valence-electron chi connectivity index (χ4n) is 3.53. The van der Waals surface area contributed by atoms with Crippen LogP contribution < -0.4 is 9.64 Å². The van der Waals surface area contributed by atoms with E-state index in [-0.39, 0.29) is 0 Å². The van der Waals surface area contributed by atoms with Crippen LogP contribution in [0, 0.1) is 0 Å². The zero-order valence-corrected chi connectivity index (χ0v) is 16.0. The summed E-state index contributed by atoms with van der Waals surface area (Å²) in [4.78, 5) is 19.5. The molecular formula is C21H18ClN5O. The summed E-state index contributed by atoms with van der Waals surface area (Å²) in [6.45, 7) is 1.69. The van der Waals surface area contributed by atoms with Crippen LogP contribution in [0.15, 0.2) is 54.9 Å². The molecule has 2 aromatic carbocycles. The standard InChI is InChI=1S/C21H18ClN5O/c1-28-16-5-2-13(3-6-16)19-21(24-9-8-23-19)27-11-14(12-27)20-25-17-7-4-15(22)10-18(17)26-20/h2-10,14H,11-12H2,1H3,(H,25,26). The second-order valence-electron chi connectivity index (χ2n) is 6.84. The van der Waals surface area contributed by atoms with Crippen molar-refractivity contribution in [2.24, 2.45) is 0 Å². The molecule has 0 aliphatic carbocycles. The molecule has 1 saturated heterocycles. The lowest BCUT2D eigenvalue weighted by molar-refractivity contribution is 0.415. The lowest BCUT2D eigenvalue weighted by Gasteiger charge is -2.39. The zero-order chi connectivity index (χ0) is 19.1. The van der Waals surface area contributed by atoms with Crippen LogP contribution >= 0.6 is 11.6 Å². The van der Waals surface area contributed by atoms with Crippen molar-refractivity contribution in [3.63, 3.8) is 0 Å². The van der Waals surface area contributed by atoms with E-state index in [4.69, 9.17) is 21.3 Å². The number of rotatable bonds is 4. The minimum atomic E-state index is 0.330. The van der Waals surface area contributed by atoms with Gasteiger partial charge in [-0.25, -0.2) is 9.97 Å². The first-order valence-corrected chi connectivity index (χ1v) is 9.44. The average Bonchev–Trinajstić information content (AvgIpc) is 3.10. The number of nitrogens with one attached hydrogen (secondary N) is 1. The number of halogens is 1. The maximum atomic E-state index is 6.07. The van der Waals surface area contributed by atoms with Crippen LogP contribution in [0.25, 0.3) is 22.3 Å². The number of aromatic nitrogens is 4. The van der Waals surface area contributed by atoms with E-state index in [1.165, 1.54) is 0 Å². The molecule has 28 heavy (non-hydrogen) atoms. The van der Waals surface area contributed by atoms with E-state index in [0.717, 1.165) is 52.8 Å². The van der Waals surface area contributed by atoms with Crippen molar-refractivity contribution in [1.29, 1.82) is 0 Å². The molecule has 0 atom stereocenters. The number of hydrogen-bond donors (Lipinski definition) is 1. The Balaban J connectivity index is 1.38. The average molecular weight is 392 g/mol. The lowest BCUT2D eigenvalue weighted by Crippen LogP contribution is -2.46. The molecule has 0 radical (unpaired) electrons. The Bertz CT molecular complexity index is 1140. The van der Waals surface area contributed by atoms with Gasteiger partial charge in [0.25, 0.3) is 0 Å². The summed E-state index contributed by atoms with van der Waals surface area (Å²) in [5.74, 6) is 3.03. The predicted octanol–water partition coefficient (Wildman–Crippen LogP) is 4.29. The van der Waals surface area contributed by atoms with Crippen LogP contribution in [-0.4, -0.2) is 40.1 Å². The highest BCUT2D eigenvalue weighted by molar-refractivity contribution is 6.31. The van der Waals surface area contributed by atoms with Gasteiger partial charge in [-0.1, -0.05) is 11.6 Å². The molecule has 1 aliphatic heterocycles. The number of methoxy groups -OCH3 is 1. The molecule has 0 spiro atoms. The fourth-order valence-corrected chi connectivity index (χ4v) is 3.70. The maximum Gasteiger partial charge on any atom is 0.155 e. The Labute approximate surface area is 167 Å². The van der Waals surface area contributed by atoms with Crippen LogP contribution in [0.1, 0.15) is 11.7 Å². The normalized spacial score (nSPS) is 14.3. The minimum absolute atomic E-state index is 0.330. The number of hydrogen-bond acceptors (Lipinski definition) is 5. The van der Waals surface area contributed by atoms with Crippen molar-refractivity contribution in [3.05, 3.63) is 65.7 Å². The summed E-state index contributed by atoms with van der Waals surface area (Å²) < 4.78 is 5.25. The largest absolute Gasteiger partial charge is 0.497 e. The summed E-state index contributed by atoms with van der Waals surface area (Å²) in [6, 6.07) is 13.6. The number of ether oxygens (including phenoxy) is 1. The quantitative estimate of drug-likeness (QED) is 0.562. The lowest BCUT2D eigenvalue weighted by atomic mass is 9.98. The van der Waals surface area contributed by atoms with Crippen molar-refractivity contribution in [2.45, 2.75) is 5.92 Å². The van der Waals surface area contributed by atoms with Gasteiger partial charge in [-0.2, -0.15) is 0 Å². The Hall–Kier alpha value is -3.12. The van der Waals surface area contributed by atoms with Crippen molar-refractivity contribution < 1.29 is 4.74 Å². The highest BCUT2D eigenvalue weighted by Crippen LogP contribution is 2.35. The van der Waals surface area contributed by atoms with Crippen molar-refractivity contribution in [3.8, 4) is 17.0 Å². The first-order valence-electron chi connectivity index (χ1n) is 9.07. The summed E-state index contributed by atoms with van der Waals surface area (Å²) in [5, 5.41) is 0.699. The van der Waals surface area contributed by atoms with Gasteiger partial charge in [0.1, 0.15) is 17.3 Å². The van der Waals surface area contributed by atoms with Gasteiger partial charge >= 0.3 is 0 Å². The topological polar surface area (TPSA) is 66.9 Å². The van der Waals surface area contributed by atoms with E-state index in [0.29, 0.717) is 10.9 Å². The third-order valence-corrected chi connectivity index (χ3v) is 5.31. The second kappa shape index (κ2) is 6.80. The summed E-state index contributed by atoms with van der Waals surface area (Å²) in [5.41, 5.74) is 3.81. The summed E-state index contributed by atoms with van der Waals surface area (Å²) in [6.07, 6.45) is 3.46. The number of aromatic amines is 1. The number of H-pyrrole nitrogens is 1. The third kappa shape index (κ3) is 2.96. The highest BCUT2D eigenvalue weighted by atomic mass is 35.5. The molecule has 0 saturated carbocycles. The Morgan fingerprint density at radius 2 is 1.86 bits per heavy atom. The smallest absolute Gasteiger partial charge is 0.155 e. The number of nitrogens with zero attached hydrogens (tertiary/aromatic N) is 4. The number of imidazole rings is 1. The predicted molar refractivity (Wildman–Crippen MR) is 110 cm³/mol. The van der Waals surface area contributed by atoms with Crippen LogP contribution in [0.2, 0.25) is 5.02 Å². The Morgan fingerprint density at radius 3 is 2.64 bits per heavy atom. The molecule has 1 N–H and O–H groups in total. The molecule has 2 aromatic heterocycles. The molecule has 0 amide bonds. The highest BCUT2D eigenvalue weighted by Gasteiger charge is 2.33. The van der Waals surface area contributed by atoms with Crippen LogP contribution in [0.5, 0.6) is 5.75 Å². The van der Waals surface area contributed by atoms with Crippen molar-refractivity contribution in [2.75, 3.05) is 25.1 Å². The van der Waals surface area contributed by atoms with E-state index < -0.39 is 0 Å². The molecule has 3 heterocycles. The van der Waals surface area contributed by atoms with Crippen LogP contribution in [0.4, 0.5) is 5.82 Å². The molecule has 140 valence electrons. The van der Waals surface area contributed by atoms with Gasteiger partial charge in [-0.3, -0.25) is 4.98 Å². The molecule has 1 aliphatic rings. The summed E-state index contributed by atoms with van der Waals surface area (Å²) in [7, 11) is 1.66. The maximum absolute atomic E-state index is 6.07. The second-order valence-corrected chi connectivity index (χ2v) is 7.28. The molecular weight excluding hydrogens is 374 g/mol. The molecule has 1 fully saturated rings. The van der Waals surface area contributed by atoms with Crippen LogP contribution in [0.3, 0.4) is 0 Å². The first-order chi connectivity index (χ1) is 13.7. The van der Waals surface area contributed by atoms with Crippen LogP contribution in [-0.2, 0) is 0 Å². The molecule has 7 heteroatoms. The van der Waals surface area contributed by atoms with Gasteiger partial charge in [-0.05, 0) is 42.5 Å². The van der Waals surface area contributed by atoms with Gasteiger partial charge < -0.3 is 14.6 Å². The molecule has 0 unspecified atom stereocenters. The number of benzene rings is 2. The van der Waals surface area contributed by atoms with Gasteiger partial charge in [0.15, 0.2) is 5.82 Å². The van der Waals surface area contributed by atoms with E-state index in [1.807, 2.05) is 42.5 Å². The molecule has 4 aromatic rings. The minimum Gasteiger partial charge on any atom is -0.497 e. The van der Waals surface area contributed by atoms with Crippen molar-refractivity contribution in [1.82, 2.24) is 19.9 Å². The zero-order valence-electron chi connectivity index (χ0n) is 15.3. The Morgan fingerprint density at radius 1 is 1.07 bits per heavy atom. The van der Waals surface area contributed by atoms with E-state index >= 15 is 0 Å². The van der Waals surface area contributed by atoms with Crippen molar-refractivity contribution >= 4 is 28.5 Å². The molecule has 5 rings (SSSR count). The fraction of sp³-hybridized carbons (Fsp3) is 0.190. The van der Waals surface area contributed by atoms with Gasteiger partial charge in [0.2, 0.25) is 0 Å². The first kappa shape index (κ1) is 17.0. The summed E-state index contributed by atoms with van der Waals surface area (Å²) >= 11 is 6.07. The monoisotopic (exact) mass is 391 g/mol.